The molecule has 0 saturated heterocycles. The summed E-state index contributed by atoms with van der Waals surface area (Å²) >= 11 is 0. The molecule has 8 heavy (non-hydrogen) atoms. The average Bonchev–Trinajstić information content (AvgIpc) is 1.62. The third-order valence-corrected chi connectivity index (χ3v) is 1.24. The van der Waals surface area contributed by atoms with Crippen LogP contribution in [0.2, 0.25) is 0 Å². The van der Waals surface area contributed by atoms with Crippen LogP contribution in [0.15, 0.2) is 18.2 Å². The van der Waals surface area contributed by atoms with Gasteiger partial charge in [0.1, 0.15) is 0 Å². The second-order valence-electron chi connectivity index (χ2n) is 2.00. The van der Waals surface area contributed by atoms with E-state index in [1.807, 2.05) is 0 Å². The van der Waals surface area contributed by atoms with Crippen LogP contribution in [-0.2, 0) is 0 Å². The highest BCUT2D eigenvalue weighted by atomic mass is 13.9. The molecule has 0 spiro atoms. The summed E-state index contributed by atoms with van der Waals surface area (Å²) in [5.41, 5.74) is 0. The highest BCUT2D eigenvalue weighted by Gasteiger charge is 1.74. The molecule has 0 aromatic heterocycles. The first-order valence-electron chi connectivity index (χ1n) is 3.20. The Morgan fingerprint density at radius 1 is 1.00 bits per heavy atom. The molecule has 1 aliphatic rings. The van der Waals surface area contributed by atoms with Crippen molar-refractivity contribution in [2.75, 3.05) is 0 Å². The highest BCUT2D eigenvalue weighted by Crippen LogP contribution is 2.01. The van der Waals surface area contributed by atoms with E-state index >= 15 is 0 Å². The molecule has 0 nitrogen and oxygen atoms in total. The Morgan fingerprint density at radius 2 is 1.88 bits per heavy atom. The normalized spacial score (nSPS) is 20.0. The fourth-order valence-corrected chi connectivity index (χ4v) is 0.786. The Balaban J connectivity index is 2.29. The van der Waals surface area contributed by atoms with E-state index in [1.165, 1.54) is 19.3 Å². The van der Waals surface area contributed by atoms with E-state index in [2.05, 4.69) is 24.3 Å². The molecule has 0 bridgehead atoms. The molecular formula is C8H11-. The van der Waals surface area contributed by atoms with Crippen LogP contribution in [0.4, 0.5) is 0 Å². The summed E-state index contributed by atoms with van der Waals surface area (Å²) < 4.78 is 0. The molecule has 0 saturated carbocycles. The molecule has 0 heteroatoms. The average molecular weight is 107 g/mol. The van der Waals surface area contributed by atoms with E-state index in [1.54, 1.807) is 0 Å². The molecule has 1 rings (SSSR count). The molecule has 0 amide bonds. The third kappa shape index (κ3) is 1.97. The molecule has 0 N–H and O–H groups in total. The molecule has 0 aliphatic heterocycles. The standard InChI is InChI=1S/C8H11/c1-2-4-6-8-7-5-3-1/h1-2,7H,3-6H2/q-1. The van der Waals surface area contributed by atoms with Crippen LogP contribution in [0.25, 0.3) is 0 Å². The summed E-state index contributed by atoms with van der Waals surface area (Å²) in [6.07, 6.45) is 14.5. The van der Waals surface area contributed by atoms with Crippen molar-refractivity contribution >= 4 is 0 Å². The van der Waals surface area contributed by atoms with Crippen LogP contribution >= 0.6 is 0 Å². The van der Waals surface area contributed by atoms with Gasteiger partial charge in [-0.2, -0.15) is 6.42 Å². The van der Waals surface area contributed by atoms with E-state index < -0.39 is 0 Å². The summed E-state index contributed by atoms with van der Waals surface area (Å²) in [7, 11) is 0. The highest BCUT2D eigenvalue weighted by molar-refractivity contribution is 4.89. The Morgan fingerprint density at radius 3 is 2.88 bits per heavy atom. The quantitative estimate of drug-likeness (QED) is 0.329. The van der Waals surface area contributed by atoms with Gasteiger partial charge >= 0.3 is 0 Å². The van der Waals surface area contributed by atoms with Gasteiger partial charge in [0.2, 0.25) is 0 Å². The van der Waals surface area contributed by atoms with Crippen molar-refractivity contribution in [2.45, 2.75) is 25.7 Å². The number of hydrogen-bond acceptors (Lipinski definition) is 0. The Labute approximate surface area is 50.9 Å². The van der Waals surface area contributed by atoms with Gasteiger partial charge in [0.15, 0.2) is 0 Å². The van der Waals surface area contributed by atoms with E-state index in [4.69, 9.17) is 0 Å². The lowest BCUT2D eigenvalue weighted by Gasteiger charge is -2.04. The van der Waals surface area contributed by atoms with Crippen LogP contribution < -0.4 is 0 Å². The summed E-state index contributed by atoms with van der Waals surface area (Å²) in [5, 5.41) is 0. The maximum atomic E-state index is 3.21. The Kier molecular flexibility index (Phi) is 2.44. The van der Waals surface area contributed by atoms with E-state index in [0.29, 0.717) is 0 Å². The van der Waals surface area contributed by atoms with Gasteiger partial charge in [-0.25, -0.2) is 0 Å². The molecule has 0 heterocycles. The second-order valence-corrected chi connectivity index (χ2v) is 2.00. The van der Waals surface area contributed by atoms with Crippen molar-refractivity contribution in [3.63, 3.8) is 0 Å². The van der Waals surface area contributed by atoms with Crippen molar-refractivity contribution in [1.29, 1.82) is 0 Å². The van der Waals surface area contributed by atoms with Gasteiger partial charge in [-0.1, -0.05) is 25.0 Å². The third-order valence-electron chi connectivity index (χ3n) is 1.24. The molecule has 0 radical (unpaired) electrons. The second kappa shape index (κ2) is 3.48. The SMILES string of the molecule is [C-]1=CCCC=CCC1. The lowest BCUT2D eigenvalue weighted by Crippen LogP contribution is -1.72. The zero-order valence-electron chi connectivity index (χ0n) is 5.06. The fraction of sp³-hybridized carbons (Fsp3) is 0.500. The number of allylic oxidation sites excluding steroid dienone is 4. The minimum atomic E-state index is 1.11. The smallest absolute Gasteiger partial charge is 0.0343 e. The molecule has 0 aromatic rings. The predicted molar refractivity (Wildman–Crippen MR) is 35.4 cm³/mol. The number of rotatable bonds is 0. The van der Waals surface area contributed by atoms with Gasteiger partial charge in [-0.05, 0) is 6.42 Å². The first-order valence-corrected chi connectivity index (χ1v) is 3.20. The fourth-order valence-electron chi connectivity index (χ4n) is 0.786. The van der Waals surface area contributed by atoms with Crippen molar-refractivity contribution in [2.24, 2.45) is 0 Å². The van der Waals surface area contributed by atoms with Crippen molar-refractivity contribution < 1.29 is 0 Å². The van der Waals surface area contributed by atoms with E-state index in [0.717, 1.165) is 6.42 Å². The summed E-state index contributed by atoms with van der Waals surface area (Å²) in [6.45, 7) is 0. The molecule has 0 atom stereocenters. The maximum absolute atomic E-state index is 3.21. The molecule has 1 aliphatic carbocycles. The summed E-state index contributed by atoms with van der Waals surface area (Å²) in [5.74, 6) is 0. The zero-order valence-corrected chi connectivity index (χ0v) is 5.06. The van der Waals surface area contributed by atoms with Gasteiger partial charge in [-0.3, -0.25) is 6.08 Å². The molecule has 0 fully saturated rings. The van der Waals surface area contributed by atoms with Gasteiger partial charge in [-0.15, -0.1) is 0 Å². The predicted octanol–water partition coefficient (Wildman–Crippen LogP) is 2.48. The first-order chi connectivity index (χ1) is 4.00. The summed E-state index contributed by atoms with van der Waals surface area (Å²) in [6, 6.07) is 0. The largest absolute Gasteiger partial charge is 0.500 e. The minimum absolute atomic E-state index is 1.11. The molecular weight excluding hydrogens is 96.1 g/mol. The minimum Gasteiger partial charge on any atom is -0.500 e. The monoisotopic (exact) mass is 107 g/mol. The Bertz CT molecular complexity index is 72.6. The van der Waals surface area contributed by atoms with Crippen LogP contribution in [0.3, 0.4) is 0 Å². The van der Waals surface area contributed by atoms with Crippen molar-refractivity contribution in [3.8, 4) is 0 Å². The molecule has 44 valence electrons. The van der Waals surface area contributed by atoms with Crippen LogP contribution in [0.1, 0.15) is 25.7 Å². The summed E-state index contributed by atoms with van der Waals surface area (Å²) in [4.78, 5) is 0. The van der Waals surface area contributed by atoms with Gasteiger partial charge in [0.05, 0.1) is 0 Å². The van der Waals surface area contributed by atoms with Crippen LogP contribution in [0, 0.1) is 6.08 Å². The van der Waals surface area contributed by atoms with Gasteiger partial charge in [0.25, 0.3) is 0 Å². The van der Waals surface area contributed by atoms with E-state index in [-0.39, 0.29) is 0 Å². The van der Waals surface area contributed by atoms with E-state index in [9.17, 15) is 0 Å². The molecule has 0 unspecified atom stereocenters. The van der Waals surface area contributed by atoms with Gasteiger partial charge < -0.3 is 6.08 Å². The van der Waals surface area contributed by atoms with Crippen LogP contribution in [0.5, 0.6) is 0 Å². The van der Waals surface area contributed by atoms with Crippen molar-refractivity contribution in [3.05, 3.63) is 24.3 Å². The topological polar surface area (TPSA) is 0 Å². The zero-order chi connectivity index (χ0) is 5.66. The van der Waals surface area contributed by atoms with Gasteiger partial charge in [0, 0.05) is 0 Å². The van der Waals surface area contributed by atoms with Crippen LogP contribution in [-0.4, -0.2) is 0 Å². The first kappa shape index (κ1) is 5.61. The lowest BCUT2D eigenvalue weighted by atomic mass is 10.1. The number of hydrogen-bond donors (Lipinski definition) is 0. The maximum Gasteiger partial charge on any atom is -0.0343 e. The van der Waals surface area contributed by atoms with Crippen molar-refractivity contribution in [1.82, 2.24) is 0 Å². The lowest BCUT2D eigenvalue weighted by molar-refractivity contribution is 0.944. The molecule has 0 aromatic carbocycles. The Hall–Kier alpha value is -0.520.